The molecule has 4 nitrogen and oxygen atoms in total. The van der Waals surface area contributed by atoms with Crippen molar-refractivity contribution in [2.75, 3.05) is 18.4 Å². The van der Waals surface area contributed by atoms with Gasteiger partial charge in [0.25, 0.3) is 0 Å². The molecular weight excluding hydrogens is 214 g/mol. The maximum Gasteiger partial charge on any atom is 0.322 e. The van der Waals surface area contributed by atoms with Crippen molar-refractivity contribution >= 4 is 11.7 Å². The van der Waals surface area contributed by atoms with E-state index in [9.17, 15) is 4.79 Å². The van der Waals surface area contributed by atoms with Gasteiger partial charge >= 0.3 is 6.03 Å². The van der Waals surface area contributed by atoms with Crippen LogP contribution in [0.2, 0.25) is 0 Å². The molecule has 3 rings (SSSR count). The monoisotopic (exact) mass is 231 g/mol. The van der Waals surface area contributed by atoms with Gasteiger partial charge in [0.1, 0.15) is 0 Å². The molecule has 4 heteroatoms. The Bertz CT molecular complexity index is 406. The van der Waals surface area contributed by atoms with Gasteiger partial charge in [0.15, 0.2) is 0 Å². The van der Waals surface area contributed by atoms with Crippen molar-refractivity contribution in [1.29, 1.82) is 0 Å². The first-order valence-corrected chi connectivity index (χ1v) is 6.20. The molecule has 2 atom stereocenters. The third-order valence-electron chi connectivity index (χ3n) is 3.68. The van der Waals surface area contributed by atoms with Gasteiger partial charge in [-0.2, -0.15) is 0 Å². The van der Waals surface area contributed by atoms with Crippen LogP contribution < -0.4 is 10.6 Å². The van der Waals surface area contributed by atoms with Crippen LogP contribution in [-0.2, 0) is 0 Å². The summed E-state index contributed by atoms with van der Waals surface area (Å²) >= 11 is 0. The average molecular weight is 231 g/mol. The predicted octanol–water partition coefficient (Wildman–Crippen LogP) is 1.65. The van der Waals surface area contributed by atoms with Gasteiger partial charge in [0.05, 0.1) is 6.04 Å². The van der Waals surface area contributed by atoms with Crippen molar-refractivity contribution in [3.63, 3.8) is 0 Å². The summed E-state index contributed by atoms with van der Waals surface area (Å²) in [6.45, 7) is 1.89. The van der Waals surface area contributed by atoms with Crippen LogP contribution in [0.3, 0.4) is 0 Å². The van der Waals surface area contributed by atoms with Crippen molar-refractivity contribution in [2.24, 2.45) is 0 Å². The van der Waals surface area contributed by atoms with E-state index in [0.29, 0.717) is 12.1 Å². The molecule has 0 spiro atoms. The molecule has 1 aromatic rings. The lowest BCUT2D eigenvalue weighted by molar-refractivity contribution is 0.206. The number of carbonyl (C=O) groups is 1. The second kappa shape index (κ2) is 4.37. The summed E-state index contributed by atoms with van der Waals surface area (Å²) in [5, 5.41) is 6.40. The molecule has 2 saturated heterocycles. The molecule has 2 N–H and O–H groups in total. The van der Waals surface area contributed by atoms with Gasteiger partial charge in [-0.15, -0.1) is 0 Å². The average Bonchev–Trinajstić information content (AvgIpc) is 2.91. The van der Waals surface area contributed by atoms with E-state index in [1.165, 1.54) is 0 Å². The zero-order valence-electron chi connectivity index (χ0n) is 9.73. The number of fused-ring (bicyclic) bond motifs is 1. The zero-order chi connectivity index (χ0) is 11.7. The molecule has 90 valence electrons. The SMILES string of the molecule is O=C(Nc1ccccc1)N1CCC2NCCC21. The Kier molecular flexibility index (Phi) is 2.73. The lowest BCUT2D eigenvalue weighted by atomic mass is 10.1. The second-order valence-electron chi connectivity index (χ2n) is 4.69. The van der Waals surface area contributed by atoms with E-state index in [1.807, 2.05) is 35.2 Å². The summed E-state index contributed by atoms with van der Waals surface area (Å²) in [4.78, 5) is 14.1. The highest BCUT2D eigenvalue weighted by Crippen LogP contribution is 2.25. The Morgan fingerprint density at radius 1 is 1.29 bits per heavy atom. The summed E-state index contributed by atoms with van der Waals surface area (Å²) in [6.07, 6.45) is 2.15. The Morgan fingerprint density at radius 2 is 2.12 bits per heavy atom. The Labute approximate surface area is 101 Å². The molecule has 0 bridgehead atoms. The third-order valence-corrected chi connectivity index (χ3v) is 3.68. The lowest BCUT2D eigenvalue weighted by Gasteiger charge is -2.23. The summed E-state index contributed by atoms with van der Waals surface area (Å²) in [5.74, 6) is 0. The number of para-hydroxylation sites is 1. The second-order valence-corrected chi connectivity index (χ2v) is 4.69. The number of anilines is 1. The molecule has 2 aliphatic heterocycles. The molecule has 0 aromatic heterocycles. The number of carbonyl (C=O) groups excluding carboxylic acids is 1. The quantitative estimate of drug-likeness (QED) is 0.772. The molecule has 2 fully saturated rings. The first-order valence-electron chi connectivity index (χ1n) is 6.20. The number of hydrogen-bond donors (Lipinski definition) is 2. The molecule has 2 heterocycles. The molecule has 0 aliphatic carbocycles. The van der Waals surface area contributed by atoms with Gasteiger partial charge in [-0.25, -0.2) is 4.79 Å². The maximum atomic E-state index is 12.1. The van der Waals surface area contributed by atoms with Crippen LogP contribution in [-0.4, -0.2) is 36.1 Å². The smallest absolute Gasteiger partial charge is 0.320 e. The molecule has 0 saturated carbocycles. The van der Waals surface area contributed by atoms with Crippen molar-refractivity contribution in [2.45, 2.75) is 24.9 Å². The number of likely N-dealkylation sites (tertiary alicyclic amines) is 1. The Balaban J connectivity index is 1.67. The van der Waals surface area contributed by atoms with Gasteiger partial charge in [0, 0.05) is 18.3 Å². The third kappa shape index (κ3) is 2.00. The van der Waals surface area contributed by atoms with Crippen LogP contribution in [0.5, 0.6) is 0 Å². The Morgan fingerprint density at radius 3 is 2.94 bits per heavy atom. The number of hydrogen-bond acceptors (Lipinski definition) is 2. The molecule has 1 aromatic carbocycles. The van der Waals surface area contributed by atoms with Crippen molar-refractivity contribution in [3.05, 3.63) is 30.3 Å². The van der Waals surface area contributed by atoms with Gasteiger partial charge in [-0.1, -0.05) is 18.2 Å². The number of amides is 2. The van der Waals surface area contributed by atoms with E-state index < -0.39 is 0 Å². The summed E-state index contributed by atoms with van der Waals surface area (Å²) in [5.41, 5.74) is 0.868. The number of rotatable bonds is 1. The van der Waals surface area contributed by atoms with Crippen LogP contribution in [0.1, 0.15) is 12.8 Å². The lowest BCUT2D eigenvalue weighted by Crippen LogP contribution is -2.41. The van der Waals surface area contributed by atoms with Crippen molar-refractivity contribution in [1.82, 2.24) is 10.2 Å². The topological polar surface area (TPSA) is 44.4 Å². The van der Waals surface area contributed by atoms with Crippen LogP contribution in [0.15, 0.2) is 30.3 Å². The number of urea groups is 1. The summed E-state index contributed by atoms with van der Waals surface area (Å²) < 4.78 is 0. The van der Waals surface area contributed by atoms with Crippen LogP contribution in [0.25, 0.3) is 0 Å². The van der Waals surface area contributed by atoms with Crippen molar-refractivity contribution in [3.8, 4) is 0 Å². The van der Waals surface area contributed by atoms with Crippen LogP contribution in [0.4, 0.5) is 10.5 Å². The number of nitrogens with one attached hydrogen (secondary N) is 2. The molecule has 17 heavy (non-hydrogen) atoms. The van der Waals surface area contributed by atoms with E-state index in [2.05, 4.69) is 10.6 Å². The standard InChI is InChI=1S/C13H17N3O/c17-13(15-10-4-2-1-3-5-10)16-9-7-11-12(16)6-8-14-11/h1-5,11-12,14H,6-9H2,(H,15,17). The molecule has 2 amide bonds. The Hall–Kier alpha value is -1.55. The normalized spacial score (nSPS) is 26.9. The fourth-order valence-electron chi connectivity index (χ4n) is 2.83. The number of nitrogens with zero attached hydrogens (tertiary/aromatic N) is 1. The van der Waals surface area contributed by atoms with E-state index >= 15 is 0 Å². The highest BCUT2D eigenvalue weighted by Gasteiger charge is 2.39. The molecule has 0 radical (unpaired) electrons. The largest absolute Gasteiger partial charge is 0.322 e. The molecular formula is C13H17N3O. The fraction of sp³-hybridized carbons (Fsp3) is 0.462. The number of benzene rings is 1. The van der Waals surface area contributed by atoms with Gasteiger partial charge in [-0.3, -0.25) is 0 Å². The minimum atomic E-state index is 0.0346. The zero-order valence-corrected chi connectivity index (χ0v) is 9.73. The fourth-order valence-corrected chi connectivity index (χ4v) is 2.83. The highest BCUT2D eigenvalue weighted by molar-refractivity contribution is 5.89. The van der Waals surface area contributed by atoms with Crippen molar-refractivity contribution < 1.29 is 4.79 Å². The van der Waals surface area contributed by atoms with E-state index in [0.717, 1.165) is 31.6 Å². The first kappa shape index (κ1) is 10.6. The summed E-state index contributed by atoms with van der Waals surface area (Å²) in [6, 6.07) is 10.6. The highest BCUT2D eigenvalue weighted by atomic mass is 16.2. The van der Waals surface area contributed by atoms with Crippen LogP contribution >= 0.6 is 0 Å². The van der Waals surface area contributed by atoms with Gasteiger partial charge in [-0.05, 0) is 31.5 Å². The molecule has 2 unspecified atom stereocenters. The minimum absolute atomic E-state index is 0.0346. The maximum absolute atomic E-state index is 12.1. The van der Waals surface area contributed by atoms with Crippen LogP contribution in [0, 0.1) is 0 Å². The van der Waals surface area contributed by atoms with Gasteiger partial charge < -0.3 is 15.5 Å². The summed E-state index contributed by atoms with van der Waals surface area (Å²) in [7, 11) is 0. The van der Waals surface area contributed by atoms with E-state index in [-0.39, 0.29) is 6.03 Å². The van der Waals surface area contributed by atoms with E-state index in [4.69, 9.17) is 0 Å². The molecule has 2 aliphatic rings. The minimum Gasteiger partial charge on any atom is -0.320 e. The predicted molar refractivity (Wildman–Crippen MR) is 67.0 cm³/mol. The van der Waals surface area contributed by atoms with Gasteiger partial charge in [0.2, 0.25) is 0 Å². The first-order chi connectivity index (χ1) is 8.34. The van der Waals surface area contributed by atoms with E-state index in [1.54, 1.807) is 0 Å².